The van der Waals surface area contributed by atoms with E-state index in [1.165, 1.54) is 4.52 Å². The number of rotatable bonds is 7. The highest BCUT2D eigenvalue weighted by Crippen LogP contribution is 2.19. The first-order valence-electron chi connectivity index (χ1n) is 9.53. The van der Waals surface area contributed by atoms with Crippen LogP contribution >= 0.6 is 0 Å². The first-order valence-corrected chi connectivity index (χ1v) is 9.53. The van der Waals surface area contributed by atoms with Gasteiger partial charge < -0.3 is 9.88 Å². The van der Waals surface area contributed by atoms with Crippen LogP contribution in [0.25, 0.3) is 17.2 Å². The van der Waals surface area contributed by atoms with Crippen molar-refractivity contribution in [3.8, 4) is 11.4 Å². The Bertz CT molecular complexity index is 1090. The Hall–Kier alpha value is -3.22. The first-order chi connectivity index (χ1) is 13.6. The quantitative estimate of drug-likeness (QED) is 0.641. The van der Waals surface area contributed by atoms with Crippen molar-refractivity contribution in [1.82, 2.24) is 24.5 Å². The number of aromatic nitrogens is 4. The molecule has 7 heteroatoms. The molecule has 3 aromatic rings. The van der Waals surface area contributed by atoms with E-state index in [2.05, 4.69) is 22.0 Å². The van der Waals surface area contributed by atoms with Crippen LogP contribution in [-0.2, 0) is 17.8 Å². The second kappa shape index (κ2) is 7.42. The summed E-state index contributed by atoms with van der Waals surface area (Å²) in [7, 11) is 0. The molecule has 2 heterocycles. The van der Waals surface area contributed by atoms with Gasteiger partial charge >= 0.3 is 0 Å². The van der Waals surface area contributed by atoms with E-state index < -0.39 is 0 Å². The van der Waals surface area contributed by atoms with Gasteiger partial charge in [0, 0.05) is 35.8 Å². The van der Waals surface area contributed by atoms with Crippen molar-refractivity contribution in [3.05, 3.63) is 64.6 Å². The lowest BCUT2D eigenvalue weighted by Crippen LogP contribution is -2.29. The number of nitrogens with one attached hydrogen (secondary N) is 1. The van der Waals surface area contributed by atoms with Crippen LogP contribution in [0.15, 0.2) is 47.8 Å². The van der Waals surface area contributed by atoms with Gasteiger partial charge in [-0.2, -0.15) is 9.50 Å². The zero-order valence-electron chi connectivity index (χ0n) is 15.9. The lowest BCUT2D eigenvalue weighted by atomic mass is 10.1. The molecule has 2 aromatic heterocycles. The van der Waals surface area contributed by atoms with Crippen LogP contribution < -0.4 is 10.9 Å². The third-order valence-electron chi connectivity index (χ3n) is 5.01. The average Bonchev–Trinajstić information content (AvgIpc) is 3.39. The minimum atomic E-state index is -0.221. The summed E-state index contributed by atoms with van der Waals surface area (Å²) in [6.07, 6.45) is 4.51. The fourth-order valence-corrected chi connectivity index (χ4v) is 3.32. The predicted molar refractivity (Wildman–Crippen MR) is 107 cm³/mol. The molecule has 7 nitrogen and oxygen atoms in total. The number of fused-ring (bicyclic) bond motifs is 1. The first kappa shape index (κ1) is 18.2. The highest BCUT2D eigenvalue weighted by atomic mass is 16.2. The zero-order chi connectivity index (χ0) is 19.7. The van der Waals surface area contributed by atoms with E-state index in [1.54, 1.807) is 6.08 Å². The number of carbonyl (C=O) groups is 1. The Kier molecular flexibility index (Phi) is 4.81. The number of nitrogens with zero attached hydrogens (tertiary/aromatic N) is 4. The smallest absolute Gasteiger partial charge is 0.279 e. The van der Waals surface area contributed by atoms with Crippen LogP contribution in [-0.4, -0.2) is 31.1 Å². The summed E-state index contributed by atoms with van der Waals surface area (Å²) in [5.41, 5.74) is 2.01. The van der Waals surface area contributed by atoms with E-state index >= 15 is 0 Å². The fourth-order valence-electron chi connectivity index (χ4n) is 3.32. The van der Waals surface area contributed by atoms with Gasteiger partial charge in [0.05, 0.1) is 0 Å². The summed E-state index contributed by atoms with van der Waals surface area (Å²) in [6.45, 7) is 6.20. The van der Waals surface area contributed by atoms with Crippen molar-refractivity contribution < 1.29 is 4.79 Å². The third-order valence-corrected chi connectivity index (χ3v) is 5.01. The van der Waals surface area contributed by atoms with E-state index in [1.807, 2.05) is 41.8 Å². The van der Waals surface area contributed by atoms with Crippen LogP contribution in [0, 0.1) is 6.92 Å². The number of hydrogen-bond acceptors (Lipinski definition) is 4. The van der Waals surface area contributed by atoms with Crippen molar-refractivity contribution in [1.29, 1.82) is 0 Å². The molecule has 1 amide bonds. The molecule has 1 aliphatic carbocycles. The number of hydrogen-bond donors (Lipinski definition) is 1. The summed E-state index contributed by atoms with van der Waals surface area (Å²) < 4.78 is 3.26. The number of amides is 1. The van der Waals surface area contributed by atoms with Gasteiger partial charge in [0.25, 0.3) is 5.56 Å². The summed E-state index contributed by atoms with van der Waals surface area (Å²) in [6, 6.07) is 9.88. The molecule has 0 atom stereocenters. The van der Waals surface area contributed by atoms with Gasteiger partial charge in [0.2, 0.25) is 11.7 Å². The minimum Gasteiger partial charge on any atom is -0.353 e. The SMILES string of the molecule is C=CCn1c(C)c(CCC(=O)NC2CC2)c(=O)n2nc(-c3ccccc3)nc12. The fraction of sp³-hybridized carbons (Fsp3) is 0.333. The Morgan fingerprint density at radius 1 is 1.32 bits per heavy atom. The summed E-state index contributed by atoms with van der Waals surface area (Å²) in [4.78, 5) is 29.8. The maximum absolute atomic E-state index is 13.1. The van der Waals surface area contributed by atoms with Crippen molar-refractivity contribution in [2.24, 2.45) is 0 Å². The van der Waals surface area contributed by atoms with E-state index in [4.69, 9.17) is 0 Å². The maximum atomic E-state index is 13.1. The van der Waals surface area contributed by atoms with Gasteiger partial charge in [-0.15, -0.1) is 11.7 Å². The van der Waals surface area contributed by atoms with Crippen molar-refractivity contribution in [2.45, 2.75) is 45.2 Å². The standard InChI is InChI=1S/C21H23N5O2/c1-3-13-25-14(2)17(11-12-18(27)22-16-9-10-16)20(28)26-21(25)23-19(24-26)15-7-5-4-6-8-15/h3-8,16H,1,9-13H2,2H3,(H,22,27). The Labute approximate surface area is 162 Å². The summed E-state index contributed by atoms with van der Waals surface area (Å²) >= 11 is 0. The summed E-state index contributed by atoms with van der Waals surface area (Å²) in [5.74, 6) is 0.964. The van der Waals surface area contributed by atoms with Crippen molar-refractivity contribution in [2.75, 3.05) is 0 Å². The topological polar surface area (TPSA) is 81.3 Å². The zero-order valence-corrected chi connectivity index (χ0v) is 15.9. The molecule has 144 valence electrons. The molecule has 28 heavy (non-hydrogen) atoms. The van der Waals surface area contributed by atoms with Crippen LogP contribution in [0.1, 0.15) is 30.5 Å². The van der Waals surface area contributed by atoms with Gasteiger partial charge in [-0.3, -0.25) is 9.59 Å². The lowest BCUT2D eigenvalue weighted by Gasteiger charge is -2.13. The molecule has 1 aromatic carbocycles. The summed E-state index contributed by atoms with van der Waals surface area (Å²) in [5, 5.41) is 7.42. The molecule has 1 aliphatic rings. The molecule has 0 spiro atoms. The van der Waals surface area contributed by atoms with Gasteiger partial charge in [0.1, 0.15) is 0 Å². The number of benzene rings is 1. The minimum absolute atomic E-state index is 0.0137. The van der Waals surface area contributed by atoms with Crippen LogP contribution in [0.5, 0.6) is 0 Å². The molecule has 0 aliphatic heterocycles. The molecule has 0 unspecified atom stereocenters. The number of allylic oxidation sites excluding steroid dienone is 1. The van der Waals surface area contributed by atoms with Crippen LogP contribution in [0.4, 0.5) is 0 Å². The largest absolute Gasteiger partial charge is 0.353 e. The third kappa shape index (κ3) is 3.47. The monoisotopic (exact) mass is 377 g/mol. The molecular formula is C21H23N5O2. The van der Waals surface area contributed by atoms with E-state index in [0.717, 1.165) is 24.1 Å². The molecule has 1 fully saturated rings. The highest BCUT2D eigenvalue weighted by Gasteiger charge is 2.24. The molecule has 0 saturated heterocycles. The molecule has 4 rings (SSSR count). The Morgan fingerprint density at radius 3 is 2.75 bits per heavy atom. The van der Waals surface area contributed by atoms with Crippen molar-refractivity contribution in [3.63, 3.8) is 0 Å². The van der Waals surface area contributed by atoms with E-state index in [0.29, 0.717) is 36.2 Å². The number of carbonyl (C=O) groups excluding carboxylic acids is 1. The normalized spacial score (nSPS) is 13.6. The van der Waals surface area contributed by atoms with Crippen molar-refractivity contribution >= 4 is 11.7 Å². The maximum Gasteiger partial charge on any atom is 0.279 e. The second-order valence-corrected chi connectivity index (χ2v) is 7.12. The van der Waals surface area contributed by atoms with Crippen LogP contribution in [0.3, 0.4) is 0 Å². The second-order valence-electron chi connectivity index (χ2n) is 7.12. The van der Waals surface area contributed by atoms with Gasteiger partial charge in [-0.05, 0) is 26.2 Å². The molecule has 1 N–H and O–H groups in total. The van der Waals surface area contributed by atoms with Crippen LogP contribution in [0.2, 0.25) is 0 Å². The average molecular weight is 377 g/mol. The Balaban J connectivity index is 1.75. The lowest BCUT2D eigenvalue weighted by molar-refractivity contribution is -0.121. The van der Waals surface area contributed by atoms with Gasteiger partial charge in [0.15, 0.2) is 5.82 Å². The molecule has 0 radical (unpaired) electrons. The Morgan fingerprint density at radius 2 is 2.07 bits per heavy atom. The van der Waals surface area contributed by atoms with Gasteiger partial charge in [-0.25, -0.2) is 0 Å². The molecular weight excluding hydrogens is 354 g/mol. The molecule has 1 saturated carbocycles. The highest BCUT2D eigenvalue weighted by molar-refractivity contribution is 5.76. The predicted octanol–water partition coefficient (Wildman–Crippen LogP) is 2.26. The van der Waals surface area contributed by atoms with Gasteiger partial charge in [-0.1, -0.05) is 36.4 Å². The van der Waals surface area contributed by atoms with E-state index in [9.17, 15) is 9.59 Å². The van der Waals surface area contributed by atoms with E-state index in [-0.39, 0.29) is 17.9 Å². The molecule has 0 bridgehead atoms.